The molecule has 1 atom stereocenters. The van der Waals surface area contributed by atoms with Crippen molar-refractivity contribution in [1.29, 1.82) is 0 Å². The highest BCUT2D eigenvalue weighted by Gasteiger charge is 2.28. The number of hydrogen-bond donors (Lipinski definition) is 2. The lowest BCUT2D eigenvalue weighted by Crippen LogP contribution is -2.42. The van der Waals surface area contributed by atoms with Crippen LogP contribution in [-0.2, 0) is 16.0 Å². The molecule has 3 N–H and O–H groups in total. The van der Waals surface area contributed by atoms with Crippen LogP contribution in [0.3, 0.4) is 0 Å². The zero-order valence-electron chi connectivity index (χ0n) is 19.0. The van der Waals surface area contributed by atoms with Crippen LogP contribution in [0.1, 0.15) is 46.9 Å². The molecule has 8 heteroatoms. The molecule has 4 rings (SSSR count). The fraction of sp³-hybridized carbons (Fsp3) is 0.231. The van der Waals surface area contributed by atoms with Gasteiger partial charge in [0.15, 0.2) is 6.10 Å². The highest BCUT2D eigenvalue weighted by molar-refractivity contribution is 6.07. The molecule has 174 valence electrons. The molecule has 0 saturated heterocycles. The van der Waals surface area contributed by atoms with Crippen molar-refractivity contribution in [3.8, 4) is 5.75 Å². The molecule has 1 aliphatic carbocycles. The van der Waals surface area contributed by atoms with Crippen LogP contribution >= 0.6 is 0 Å². The highest BCUT2D eigenvalue weighted by atomic mass is 16.5. The summed E-state index contributed by atoms with van der Waals surface area (Å²) in [4.78, 5) is 41.2. The van der Waals surface area contributed by atoms with E-state index in [1.165, 1.54) is 6.92 Å². The molecule has 0 radical (unpaired) electrons. The molecule has 0 aliphatic heterocycles. The second kappa shape index (κ2) is 9.74. The number of amides is 3. The van der Waals surface area contributed by atoms with E-state index in [1.807, 2.05) is 53.8 Å². The first-order valence-corrected chi connectivity index (χ1v) is 10.9. The quantitative estimate of drug-likeness (QED) is 0.559. The number of hydrogen-bond acceptors (Lipinski definition) is 6. The number of carbonyl (C=O) groups excluding carboxylic acids is 3. The van der Waals surface area contributed by atoms with Gasteiger partial charge in [-0.1, -0.05) is 30.3 Å². The van der Waals surface area contributed by atoms with Crippen molar-refractivity contribution < 1.29 is 23.9 Å². The average molecular weight is 460 g/mol. The van der Waals surface area contributed by atoms with E-state index in [2.05, 4.69) is 6.08 Å². The van der Waals surface area contributed by atoms with Crippen LogP contribution < -0.4 is 15.8 Å². The van der Waals surface area contributed by atoms with Crippen LogP contribution in [0.25, 0.3) is 22.6 Å². The Morgan fingerprint density at radius 3 is 2.53 bits per heavy atom. The van der Waals surface area contributed by atoms with Gasteiger partial charge < -0.3 is 15.2 Å². The summed E-state index contributed by atoms with van der Waals surface area (Å²) in [7, 11) is 1.62. The number of esters is 1. The first-order chi connectivity index (χ1) is 16.4. The number of imide groups is 1. The van der Waals surface area contributed by atoms with Crippen LogP contribution in [0.2, 0.25) is 0 Å². The zero-order chi connectivity index (χ0) is 24.2. The number of aromatic nitrogens is 1. The minimum absolute atomic E-state index is 0.389. The van der Waals surface area contributed by atoms with Crippen LogP contribution in [0.5, 0.6) is 5.75 Å². The van der Waals surface area contributed by atoms with Crippen molar-refractivity contribution in [3.63, 3.8) is 0 Å². The molecular weight excluding hydrogens is 434 g/mol. The number of carbonyl (C=O) groups is 3. The summed E-state index contributed by atoms with van der Waals surface area (Å²) in [5, 5.41) is 2.59. The van der Waals surface area contributed by atoms with E-state index in [4.69, 9.17) is 20.2 Å². The van der Waals surface area contributed by atoms with Gasteiger partial charge in [-0.2, -0.15) is 0 Å². The molecule has 1 unspecified atom stereocenters. The molecule has 34 heavy (non-hydrogen) atoms. The minimum Gasteiger partial charge on any atom is -0.497 e. The SMILES string of the molecule is COc1ccc(C=C2CCCc3c2nc2ccccc2c3C(=O)OC(C)C(=O)NC(N)=O)cc1. The number of nitrogens with one attached hydrogen (secondary N) is 1. The number of benzene rings is 2. The number of methoxy groups -OCH3 is 1. The van der Waals surface area contributed by atoms with E-state index in [9.17, 15) is 14.4 Å². The van der Waals surface area contributed by atoms with Crippen molar-refractivity contribution in [1.82, 2.24) is 10.3 Å². The Balaban J connectivity index is 1.77. The van der Waals surface area contributed by atoms with E-state index in [0.717, 1.165) is 41.0 Å². The molecule has 0 spiro atoms. The summed E-state index contributed by atoms with van der Waals surface area (Å²) in [5.41, 5.74) is 9.61. The summed E-state index contributed by atoms with van der Waals surface area (Å²) in [6.45, 7) is 1.39. The molecule has 8 nitrogen and oxygen atoms in total. The number of primary amides is 1. The monoisotopic (exact) mass is 459 g/mol. The summed E-state index contributed by atoms with van der Waals surface area (Å²) in [5.74, 6) is -0.657. The maximum absolute atomic E-state index is 13.3. The Morgan fingerprint density at radius 1 is 1.09 bits per heavy atom. The first kappa shape index (κ1) is 23.0. The lowest BCUT2D eigenvalue weighted by molar-refractivity contribution is -0.127. The van der Waals surface area contributed by atoms with Gasteiger partial charge in [0.1, 0.15) is 5.75 Å². The Bertz CT molecular complexity index is 1300. The largest absolute Gasteiger partial charge is 0.497 e. The maximum atomic E-state index is 13.3. The van der Waals surface area contributed by atoms with Gasteiger partial charge in [-0.05, 0) is 67.2 Å². The fourth-order valence-electron chi connectivity index (χ4n) is 4.11. The summed E-state index contributed by atoms with van der Waals surface area (Å²) in [6, 6.07) is 14.1. The molecule has 2 aromatic carbocycles. The molecule has 0 saturated carbocycles. The molecule has 3 amide bonds. The average Bonchev–Trinajstić information content (AvgIpc) is 2.82. The number of pyridine rings is 1. The van der Waals surface area contributed by atoms with Gasteiger partial charge in [-0.15, -0.1) is 0 Å². The van der Waals surface area contributed by atoms with Gasteiger partial charge in [0.25, 0.3) is 5.91 Å². The maximum Gasteiger partial charge on any atom is 0.339 e. The second-order valence-corrected chi connectivity index (χ2v) is 8.03. The topological polar surface area (TPSA) is 121 Å². The van der Waals surface area contributed by atoms with Gasteiger partial charge in [-0.25, -0.2) is 14.6 Å². The molecule has 0 bridgehead atoms. The third kappa shape index (κ3) is 4.76. The van der Waals surface area contributed by atoms with Gasteiger partial charge in [-0.3, -0.25) is 10.1 Å². The van der Waals surface area contributed by atoms with Crippen molar-refractivity contribution in [2.45, 2.75) is 32.3 Å². The molecule has 0 fully saturated rings. The number of allylic oxidation sites excluding steroid dienone is 1. The minimum atomic E-state index is -1.19. The third-order valence-corrected chi connectivity index (χ3v) is 5.73. The Kier molecular flexibility index (Phi) is 6.58. The van der Waals surface area contributed by atoms with Gasteiger partial charge in [0.05, 0.1) is 23.9 Å². The van der Waals surface area contributed by atoms with Gasteiger partial charge in [0, 0.05) is 5.39 Å². The Hall–Kier alpha value is -4.20. The Morgan fingerprint density at radius 2 is 1.82 bits per heavy atom. The number of nitrogens with two attached hydrogens (primary N) is 1. The highest BCUT2D eigenvalue weighted by Crippen LogP contribution is 2.36. The van der Waals surface area contributed by atoms with E-state index < -0.39 is 24.0 Å². The van der Waals surface area contributed by atoms with E-state index in [0.29, 0.717) is 22.9 Å². The van der Waals surface area contributed by atoms with Crippen LogP contribution in [0, 0.1) is 0 Å². The van der Waals surface area contributed by atoms with Gasteiger partial charge in [0.2, 0.25) is 0 Å². The number of fused-ring (bicyclic) bond motifs is 2. The number of para-hydroxylation sites is 1. The lowest BCUT2D eigenvalue weighted by atomic mass is 9.86. The molecule has 1 heterocycles. The normalized spacial score (nSPS) is 14.8. The second-order valence-electron chi connectivity index (χ2n) is 8.03. The summed E-state index contributed by atoms with van der Waals surface area (Å²) < 4.78 is 10.7. The predicted octanol–water partition coefficient (Wildman–Crippen LogP) is 3.86. The van der Waals surface area contributed by atoms with Crippen molar-refractivity contribution in [3.05, 3.63) is 70.9 Å². The van der Waals surface area contributed by atoms with Crippen LogP contribution in [0.4, 0.5) is 4.79 Å². The summed E-state index contributed by atoms with van der Waals surface area (Å²) >= 11 is 0. The smallest absolute Gasteiger partial charge is 0.339 e. The van der Waals surface area contributed by atoms with Crippen LogP contribution in [0.15, 0.2) is 48.5 Å². The van der Waals surface area contributed by atoms with Gasteiger partial charge >= 0.3 is 12.0 Å². The molecule has 1 aliphatic rings. The van der Waals surface area contributed by atoms with E-state index in [-0.39, 0.29) is 0 Å². The van der Waals surface area contributed by atoms with E-state index >= 15 is 0 Å². The molecule has 3 aromatic rings. The first-order valence-electron chi connectivity index (χ1n) is 10.9. The lowest BCUT2D eigenvalue weighted by Gasteiger charge is -2.23. The number of rotatable bonds is 5. The predicted molar refractivity (Wildman–Crippen MR) is 128 cm³/mol. The van der Waals surface area contributed by atoms with E-state index in [1.54, 1.807) is 7.11 Å². The number of ether oxygens (including phenoxy) is 2. The standard InChI is InChI=1S/C26H25N3O5/c1-15(24(30)29-26(27)32)34-25(31)22-19-7-3-4-9-21(19)28-23-17(6-5-8-20(22)23)14-16-10-12-18(33-2)13-11-16/h3-4,7,9-15H,5-6,8H2,1-2H3,(H3,27,29,30,32). The Labute approximate surface area is 196 Å². The fourth-order valence-corrected chi connectivity index (χ4v) is 4.11. The third-order valence-electron chi connectivity index (χ3n) is 5.73. The number of urea groups is 1. The number of nitrogens with zero attached hydrogens (tertiary/aromatic N) is 1. The van der Waals surface area contributed by atoms with Crippen molar-refractivity contribution in [2.75, 3.05) is 7.11 Å². The van der Waals surface area contributed by atoms with Crippen molar-refractivity contribution in [2.24, 2.45) is 5.73 Å². The molecule has 1 aromatic heterocycles. The van der Waals surface area contributed by atoms with Crippen molar-refractivity contribution >= 4 is 40.5 Å². The molecular formula is C26H25N3O5. The summed E-state index contributed by atoms with van der Waals surface area (Å²) in [6.07, 6.45) is 3.18. The zero-order valence-corrected chi connectivity index (χ0v) is 19.0. The van der Waals surface area contributed by atoms with Crippen LogP contribution in [-0.4, -0.2) is 36.1 Å².